The van der Waals surface area contributed by atoms with Gasteiger partial charge in [-0.3, -0.25) is 10.2 Å². The molecular weight excluding hydrogens is 280 g/mol. The molecule has 0 saturated heterocycles. The Labute approximate surface area is 126 Å². The van der Waals surface area contributed by atoms with Crippen molar-refractivity contribution >= 4 is 23.1 Å². The highest BCUT2D eigenvalue weighted by molar-refractivity contribution is 6.11. The second-order valence-corrected chi connectivity index (χ2v) is 4.01. The number of rotatable bonds is 4. The number of pyridine rings is 1. The fourth-order valence-corrected chi connectivity index (χ4v) is 1.59. The predicted octanol–water partition coefficient (Wildman–Crippen LogP) is 2.15. The molecule has 1 aromatic heterocycles. The number of hydrazone groups is 1. The number of benzene rings is 1. The molecule has 7 nitrogen and oxygen atoms in total. The van der Waals surface area contributed by atoms with Crippen molar-refractivity contribution < 1.29 is 4.79 Å². The van der Waals surface area contributed by atoms with Crippen LogP contribution in [0.2, 0.25) is 0 Å². The number of aromatic nitrogens is 1. The molecule has 0 unspecified atom stereocenters. The average molecular weight is 290 g/mol. The molecular formula is C15H10N6O. The minimum absolute atomic E-state index is 0.312. The molecule has 1 heterocycles. The predicted molar refractivity (Wildman–Crippen MR) is 80.9 cm³/mol. The van der Waals surface area contributed by atoms with Crippen LogP contribution in [0.3, 0.4) is 0 Å². The summed E-state index contributed by atoms with van der Waals surface area (Å²) in [6.45, 7) is 0. The molecule has 0 bridgehead atoms. The maximum absolute atomic E-state index is 12.2. The Morgan fingerprint density at radius 1 is 1.09 bits per heavy atom. The molecule has 7 heteroatoms. The molecule has 22 heavy (non-hydrogen) atoms. The minimum atomic E-state index is -0.382. The zero-order chi connectivity index (χ0) is 15.8. The standard InChI is InChI=1S/C15H10N6O/c16-9-11(10-17)20-21-13-6-2-1-5-12(13)15(22)19-14-7-3-4-8-18-14/h1-8,21H,(H,18,19,22). The van der Waals surface area contributed by atoms with E-state index in [1.165, 1.54) is 0 Å². The zero-order valence-corrected chi connectivity index (χ0v) is 11.3. The number of nitriles is 2. The smallest absolute Gasteiger partial charge is 0.258 e. The first-order valence-electron chi connectivity index (χ1n) is 6.20. The van der Waals surface area contributed by atoms with E-state index in [1.807, 2.05) is 0 Å². The second-order valence-electron chi connectivity index (χ2n) is 4.01. The highest BCUT2D eigenvalue weighted by atomic mass is 16.1. The second kappa shape index (κ2) is 7.17. The molecule has 2 rings (SSSR count). The van der Waals surface area contributed by atoms with Gasteiger partial charge in [-0.05, 0) is 24.3 Å². The van der Waals surface area contributed by atoms with E-state index >= 15 is 0 Å². The van der Waals surface area contributed by atoms with Crippen LogP contribution in [0.25, 0.3) is 0 Å². The highest BCUT2D eigenvalue weighted by Crippen LogP contribution is 2.16. The molecule has 0 aliphatic rings. The van der Waals surface area contributed by atoms with Crippen LogP contribution < -0.4 is 10.7 Å². The van der Waals surface area contributed by atoms with Crippen molar-refractivity contribution in [1.82, 2.24) is 4.98 Å². The molecule has 106 valence electrons. The third-order valence-corrected chi connectivity index (χ3v) is 2.58. The third-order valence-electron chi connectivity index (χ3n) is 2.58. The van der Waals surface area contributed by atoms with Gasteiger partial charge in [0.2, 0.25) is 5.71 Å². The summed E-state index contributed by atoms with van der Waals surface area (Å²) >= 11 is 0. The number of carbonyl (C=O) groups excluding carboxylic acids is 1. The monoisotopic (exact) mass is 290 g/mol. The van der Waals surface area contributed by atoms with Gasteiger partial charge in [-0.2, -0.15) is 15.6 Å². The van der Waals surface area contributed by atoms with Crippen LogP contribution in [0.5, 0.6) is 0 Å². The van der Waals surface area contributed by atoms with E-state index < -0.39 is 0 Å². The maximum atomic E-state index is 12.2. The van der Waals surface area contributed by atoms with E-state index in [4.69, 9.17) is 10.5 Å². The number of nitrogens with one attached hydrogen (secondary N) is 2. The van der Waals surface area contributed by atoms with E-state index in [-0.39, 0.29) is 11.6 Å². The summed E-state index contributed by atoms with van der Waals surface area (Å²) in [5.41, 5.74) is 2.90. The maximum Gasteiger partial charge on any atom is 0.258 e. The van der Waals surface area contributed by atoms with Crippen LogP contribution in [0.4, 0.5) is 11.5 Å². The molecule has 0 spiro atoms. The highest BCUT2D eigenvalue weighted by Gasteiger charge is 2.11. The quantitative estimate of drug-likeness (QED) is 0.661. The van der Waals surface area contributed by atoms with E-state index in [0.717, 1.165) is 0 Å². The van der Waals surface area contributed by atoms with Gasteiger partial charge >= 0.3 is 0 Å². The van der Waals surface area contributed by atoms with Gasteiger partial charge in [0.05, 0.1) is 11.3 Å². The Morgan fingerprint density at radius 3 is 2.50 bits per heavy atom. The Kier molecular flexibility index (Phi) is 4.79. The topological polar surface area (TPSA) is 114 Å². The summed E-state index contributed by atoms with van der Waals surface area (Å²) in [5.74, 6) is 0.0352. The number of carbonyl (C=O) groups is 1. The fraction of sp³-hybridized carbons (Fsp3) is 0. The summed E-state index contributed by atoms with van der Waals surface area (Å²) < 4.78 is 0. The number of amides is 1. The molecule has 0 atom stereocenters. The Balaban J connectivity index is 2.22. The first-order chi connectivity index (χ1) is 10.7. The molecule has 1 amide bonds. The lowest BCUT2D eigenvalue weighted by Gasteiger charge is -2.08. The summed E-state index contributed by atoms with van der Waals surface area (Å²) in [6.07, 6.45) is 1.57. The normalized spacial score (nSPS) is 9.00. The Morgan fingerprint density at radius 2 is 1.82 bits per heavy atom. The van der Waals surface area contributed by atoms with Crippen molar-refractivity contribution in [3.8, 4) is 12.1 Å². The summed E-state index contributed by atoms with van der Waals surface area (Å²) in [5, 5.41) is 23.6. The lowest BCUT2D eigenvalue weighted by atomic mass is 10.1. The summed E-state index contributed by atoms with van der Waals surface area (Å²) in [7, 11) is 0. The molecule has 0 aliphatic heterocycles. The number of para-hydroxylation sites is 1. The lowest BCUT2D eigenvalue weighted by Crippen LogP contribution is -2.14. The van der Waals surface area contributed by atoms with Crippen LogP contribution in [-0.4, -0.2) is 16.6 Å². The Bertz CT molecular complexity index is 770. The van der Waals surface area contributed by atoms with Crippen LogP contribution >= 0.6 is 0 Å². The van der Waals surface area contributed by atoms with Crippen molar-refractivity contribution in [3.63, 3.8) is 0 Å². The summed E-state index contributed by atoms with van der Waals surface area (Å²) in [4.78, 5) is 16.3. The van der Waals surface area contributed by atoms with Gasteiger partial charge in [0, 0.05) is 6.20 Å². The SMILES string of the molecule is N#CC(C#N)=NNc1ccccc1C(=O)Nc1ccccn1. The van der Waals surface area contributed by atoms with Gasteiger partial charge in [0.25, 0.3) is 5.91 Å². The van der Waals surface area contributed by atoms with Crippen LogP contribution in [0.1, 0.15) is 10.4 Å². The zero-order valence-electron chi connectivity index (χ0n) is 11.3. The van der Waals surface area contributed by atoms with Gasteiger partial charge in [-0.1, -0.05) is 18.2 Å². The van der Waals surface area contributed by atoms with Crippen molar-refractivity contribution in [2.24, 2.45) is 5.10 Å². The fourth-order valence-electron chi connectivity index (χ4n) is 1.59. The van der Waals surface area contributed by atoms with E-state index in [2.05, 4.69) is 20.8 Å². The number of hydrogen-bond acceptors (Lipinski definition) is 6. The lowest BCUT2D eigenvalue weighted by molar-refractivity contribution is 0.102. The van der Waals surface area contributed by atoms with Crippen LogP contribution in [-0.2, 0) is 0 Å². The average Bonchev–Trinajstić information content (AvgIpc) is 2.57. The van der Waals surface area contributed by atoms with Gasteiger partial charge in [0.1, 0.15) is 18.0 Å². The first-order valence-corrected chi connectivity index (χ1v) is 6.20. The minimum Gasteiger partial charge on any atom is -0.306 e. The molecule has 0 saturated carbocycles. The van der Waals surface area contributed by atoms with Crippen molar-refractivity contribution in [1.29, 1.82) is 10.5 Å². The van der Waals surface area contributed by atoms with Gasteiger partial charge < -0.3 is 5.32 Å². The van der Waals surface area contributed by atoms with Crippen molar-refractivity contribution in [2.45, 2.75) is 0 Å². The molecule has 0 fully saturated rings. The van der Waals surface area contributed by atoms with E-state index in [1.54, 1.807) is 60.8 Å². The molecule has 1 aromatic carbocycles. The van der Waals surface area contributed by atoms with E-state index in [0.29, 0.717) is 17.1 Å². The molecule has 2 N–H and O–H groups in total. The number of hydrogen-bond donors (Lipinski definition) is 2. The van der Waals surface area contributed by atoms with Crippen LogP contribution in [0, 0.1) is 22.7 Å². The summed E-state index contributed by atoms with van der Waals surface area (Å²) in [6, 6.07) is 15.0. The van der Waals surface area contributed by atoms with Crippen LogP contribution in [0.15, 0.2) is 53.8 Å². The van der Waals surface area contributed by atoms with E-state index in [9.17, 15) is 4.79 Å². The first kappa shape index (κ1) is 14.7. The largest absolute Gasteiger partial charge is 0.306 e. The van der Waals surface area contributed by atoms with Gasteiger partial charge in [-0.25, -0.2) is 4.98 Å². The van der Waals surface area contributed by atoms with Gasteiger partial charge in [-0.15, -0.1) is 0 Å². The van der Waals surface area contributed by atoms with Crippen molar-refractivity contribution in [2.75, 3.05) is 10.7 Å². The van der Waals surface area contributed by atoms with Gasteiger partial charge in [0.15, 0.2) is 0 Å². The number of nitrogens with zero attached hydrogens (tertiary/aromatic N) is 4. The molecule has 0 aliphatic carbocycles. The molecule has 0 radical (unpaired) electrons. The van der Waals surface area contributed by atoms with Crippen molar-refractivity contribution in [3.05, 3.63) is 54.2 Å². The molecule has 2 aromatic rings. The Hall–Kier alpha value is -3.71. The number of anilines is 2. The third kappa shape index (κ3) is 3.65.